The average molecular weight is 372 g/mol. The molecule has 0 bridgehead atoms. The third-order valence-electron chi connectivity index (χ3n) is 3.70. The van der Waals surface area contributed by atoms with Crippen molar-refractivity contribution >= 4 is 22.9 Å². The lowest BCUT2D eigenvalue weighted by Gasteiger charge is -2.10. The molecular formula is C19H17FN2O3S. The van der Waals surface area contributed by atoms with Gasteiger partial charge in [-0.25, -0.2) is 9.37 Å². The number of carbonyl (C=O) groups is 1. The number of benzene rings is 2. The minimum Gasteiger partial charge on any atom is -0.493 e. The first-order valence-corrected chi connectivity index (χ1v) is 8.66. The molecule has 26 heavy (non-hydrogen) atoms. The lowest BCUT2D eigenvalue weighted by Crippen LogP contribution is -2.05. The molecule has 0 aliphatic carbocycles. The topological polar surface area (TPSA) is 60.5 Å². The number of anilines is 1. The maximum atomic E-state index is 14.4. The summed E-state index contributed by atoms with van der Waals surface area (Å²) in [6.45, 7) is 1.38. The lowest BCUT2D eigenvalue weighted by atomic mass is 10.1. The van der Waals surface area contributed by atoms with Crippen LogP contribution in [-0.4, -0.2) is 25.1 Å². The maximum Gasteiger partial charge on any atom is 0.221 e. The van der Waals surface area contributed by atoms with Gasteiger partial charge in [0.2, 0.25) is 5.91 Å². The van der Waals surface area contributed by atoms with Crippen LogP contribution in [-0.2, 0) is 4.79 Å². The van der Waals surface area contributed by atoms with E-state index >= 15 is 0 Å². The van der Waals surface area contributed by atoms with E-state index in [-0.39, 0.29) is 5.91 Å². The number of amides is 1. The zero-order chi connectivity index (χ0) is 18.7. The molecule has 1 amide bonds. The van der Waals surface area contributed by atoms with Gasteiger partial charge >= 0.3 is 0 Å². The Balaban J connectivity index is 1.98. The van der Waals surface area contributed by atoms with Crippen LogP contribution in [0.4, 0.5) is 10.1 Å². The minimum atomic E-state index is -0.453. The lowest BCUT2D eigenvalue weighted by molar-refractivity contribution is -0.114. The summed E-state index contributed by atoms with van der Waals surface area (Å²) in [4.78, 5) is 15.6. The summed E-state index contributed by atoms with van der Waals surface area (Å²) in [5, 5.41) is 5.03. The van der Waals surface area contributed by atoms with Gasteiger partial charge in [-0.15, -0.1) is 11.3 Å². The van der Waals surface area contributed by atoms with E-state index in [1.54, 1.807) is 37.8 Å². The fourth-order valence-electron chi connectivity index (χ4n) is 2.58. The normalized spacial score (nSPS) is 10.5. The molecule has 0 aliphatic heterocycles. The predicted molar refractivity (Wildman–Crippen MR) is 100 cm³/mol. The molecule has 0 aliphatic rings. The maximum absolute atomic E-state index is 14.4. The summed E-state index contributed by atoms with van der Waals surface area (Å²) in [6, 6.07) is 10.0. The molecule has 3 rings (SSSR count). The molecule has 0 spiro atoms. The van der Waals surface area contributed by atoms with Crippen LogP contribution in [0.5, 0.6) is 11.5 Å². The number of halogens is 1. The van der Waals surface area contributed by atoms with E-state index in [4.69, 9.17) is 9.47 Å². The van der Waals surface area contributed by atoms with Crippen molar-refractivity contribution < 1.29 is 18.7 Å². The van der Waals surface area contributed by atoms with Gasteiger partial charge in [-0.1, -0.05) is 6.07 Å². The molecule has 0 radical (unpaired) electrons. The van der Waals surface area contributed by atoms with Crippen molar-refractivity contribution in [2.24, 2.45) is 0 Å². The van der Waals surface area contributed by atoms with Gasteiger partial charge in [-0.2, -0.15) is 0 Å². The van der Waals surface area contributed by atoms with Crippen LogP contribution in [0, 0.1) is 5.82 Å². The molecule has 1 heterocycles. The van der Waals surface area contributed by atoms with Crippen molar-refractivity contribution in [1.82, 2.24) is 4.98 Å². The second-order valence-corrected chi connectivity index (χ2v) is 6.31. The van der Waals surface area contributed by atoms with Crippen LogP contribution in [0.25, 0.3) is 21.8 Å². The number of nitrogens with one attached hydrogen (secondary N) is 1. The first-order valence-electron chi connectivity index (χ1n) is 7.78. The van der Waals surface area contributed by atoms with Gasteiger partial charge in [0.05, 0.1) is 25.5 Å². The molecule has 0 saturated heterocycles. The second-order valence-electron chi connectivity index (χ2n) is 5.45. The highest BCUT2D eigenvalue weighted by Gasteiger charge is 2.16. The number of nitrogens with zero attached hydrogens (tertiary/aromatic N) is 1. The molecule has 0 fully saturated rings. The Labute approximate surface area is 154 Å². The van der Waals surface area contributed by atoms with E-state index in [0.717, 1.165) is 5.56 Å². The Morgan fingerprint density at radius 3 is 2.62 bits per heavy atom. The van der Waals surface area contributed by atoms with Gasteiger partial charge in [0.1, 0.15) is 10.8 Å². The molecule has 7 heteroatoms. The van der Waals surface area contributed by atoms with Crippen LogP contribution < -0.4 is 14.8 Å². The van der Waals surface area contributed by atoms with Gasteiger partial charge < -0.3 is 14.8 Å². The van der Waals surface area contributed by atoms with E-state index < -0.39 is 5.82 Å². The van der Waals surface area contributed by atoms with Gasteiger partial charge in [0.15, 0.2) is 11.5 Å². The molecule has 3 aromatic rings. The van der Waals surface area contributed by atoms with E-state index in [1.807, 2.05) is 12.1 Å². The number of hydrogen-bond donors (Lipinski definition) is 1. The highest BCUT2D eigenvalue weighted by Crippen LogP contribution is 2.40. The zero-order valence-corrected chi connectivity index (χ0v) is 15.3. The molecule has 0 unspecified atom stereocenters. The summed E-state index contributed by atoms with van der Waals surface area (Å²) < 4.78 is 25.2. The van der Waals surface area contributed by atoms with Crippen LogP contribution >= 0.6 is 11.3 Å². The Hall–Kier alpha value is -2.93. The minimum absolute atomic E-state index is 0.252. The Kier molecular flexibility index (Phi) is 5.18. The molecule has 1 aromatic heterocycles. The van der Waals surface area contributed by atoms with Crippen molar-refractivity contribution in [3.05, 3.63) is 47.6 Å². The van der Waals surface area contributed by atoms with E-state index in [0.29, 0.717) is 33.5 Å². The van der Waals surface area contributed by atoms with Crippen molar-refractivity contribution in [2.45, 2.75) is 6.92 Å². The highest BCUT2D eigenvalue weighted by atomic mass is 32.1. The number of thiazole rings is 1. The SMILES string of the molecule is COc1cccc(-c2nc(-c3ccc(NC(C)=O)cc3F)cs2)c1OC. The number of carbonyl (C=O) groups excluding carboxylic acids is 1. The number of hydrogen-bond acceptors (Lipinski definition) is 5. The first-order chi connectivity index (χ1) is 12.5. The number of para-hydroxylation sites is 1. The standard InChI is InChI=1S/C19H17FN2O3S/c1-11(23)21-12-7-8-13(15(20)9-12)16-10-26-19(22-16)14-5-4-6-17(24-2)18(14)25-3/h4-10H,1-3H3,(H,21,23). The Morgan fingerprint density at radius 1 is 1.15 bits per heavy atom. The number of rotatable bonds is 5. The predicted octanol–water partition coefficient (Wildman–Crippen LogP) is 4.59. The Bertz CT molecular complexity index is 956. The molecule has 0 atom stereocenters. The van der Waals surface area contributed by atoms with E-state index in [1.165, 1.54) is 24.3 Å². The summed E-state index contributed by atoms with van der Waals surface area (Å²) in [7, 11) is 3.14. The average Bonchev–Trinajstić information content (AvgIpc) is 3.10. The van der Waals surface area contributed by atoms with Crippen LogP contribution in [0.1, 0.15) is 6.92 Å². The van der Waals surface area contributed by atoms with Crippen molar-refractivity contribution in [1.29, 1.82) is 0 Å². The van der Waals surface area contributed by atoms with Crippen LogP contribution in [0.3, 0.4) is 0 Å². The van der Waals surface area contributed by atoms with Gasteiger partial charge in [-0.3, -0.25) is 4.79 Å². The van der Waals surface area contributed by atoms with Gasteiger partial charge in [0, 0.05) is 23.6 Å². The van der Waals surface area contributed by atoms with Crippen LogP contribution in [0.2, 0.25) is 0 Å². The van der Waals surface area contributed by atoms with E-state index in [9.17, 15) is 9.18 Å². The number of ether oxygens (including phenoxy) is 2. The first kappa shape index (κ1) is 17.9. The fourth-order valence-corrected chi connectivity index (χ4v) is 3.42. The van der Waals surface area contributed by atoms with Crippen molar-refractivity contribution in [3.8, 4) is 33.3 Å². The third kappa shape index (κ3) is 3.52. The largest absolute Gasteiger partial charge is 0.493 e. The monoisotopic (exact) mass is 372 g/mol. The number of methoxy groups -OCH3 is 2. The molecule has 2 aromatic carbocycles. The van der Waals surface area contributed by atoms with Gasteiger partial charge in [-0.05, 0) is 30.3 Å². The van der Waals surface area contributed by atoms with Crippen molar-refractivity contribution in [3.63, 3.8) is 0 Å². The molecular weight excluding hydrogens is 355 g/mol. The molecule has 5 nitrogen and oxygen atoms in total. The molecule has 134 valence electrons. The van der Waals surface area contributed by atoms with Crippen LogP contribution in [0.15, 0.2) is 41.8 Å². The fraction of sp³-hybridized carbons (Fsp3) is 0.158. The zero-order valence-electron chi connectivity index (χ0n) is 14.5. The highest BCUT2D eigenvalue weighted by molar-refractivity contribution is 7.13. The second kappa shape index (κ2) is 7.53. The van der Waals surface area contributed by atoms with Gasteiger partial charge in [0.25, 0.3) is 0 Å². The Morgan fingerprint density at radius 2 is 1.96 bits per heavy atom. The summed E-state index contributed by atoms with van der Waals surface area (Å²) in [5.74, 6) is 0.480. The quantitative estimate of drug-likeness (QED) is 0.711. The number of aromatic nitrogens is 1. The third-order valence-corrected chi connectivity index (χ3v) is 4.58. The summed E-state index contributed by atoms with van der Waals surface area (Å²) in [5.41, 5.74) is 2.06. The summed E-state index contributed by atoms with van der Waals surface area (Å²) >= 11 is 1.39. The smallest absolute Gasteiger partial charge is 0.221 e. The van der Waals surface area contributed by atoms with E-state index in [2.05, 4.69) is 10.3 Å². The van der Waals surface area contributed by atoms with Crippen molar-refractivity contribution in [2.75, 3.05) is 19.5 Å². The summed E-state index contributed by atoms with van der Waals surface area (Å²) in [6.07, 6.45) is 0. The molecule has 1 N–H and O–H groups in total. The molecule has 0 saturated carbocycles.